The lowest BCUT2D eigenvalue weighted by molar-refractivity contribution is 0.0697. The third kappa shape index (κ3) is 2.04. The monoisotopic (exact) mass is 270 g/mol. The van der Waals surface area contributed by atoms with Gasteiger partial charge in [-0.2, -0.15) is 0 Å². The number of nitrogens with zero attached hydrogens (tertiary/aromatic N) is 1. The van der Waals surface area contributed by atoms with Gasteiger partial charge in [-0.1, -0.05) is 12.1 Å². The zero-order chi connectivity index (χ0) is 13.4. The molecule has 4 nitrogen and oxygen atoms in total. The summed E-state index contributed by atoms with van der Waals surface area (Å²) in [5, 5.41) is 9.72. The number of nitrogens with two attached hydrogens (primary N) is 1. The van der Waals surface area contributed by atoms with E-state index in [9.17, 15) is 4.79 Å². The minimum Gasteiger partial charge on any atom is -0.478 e. The van der Waals surface area contributed by atoms with Gasteiger partial charge in [0.15, 0.2) is 0 Å². The standard InChI is InChI=1S/C14H10N2O2S/c15-10-7-8(14(17)18)5-6-9(10)13-16-11-3-1-2-4-12(11)19-13/h1-7H,15H2,(H,17,18). The number of para-hydroxylation sites is 1. The van der Waals surface area contributed by atoms with Crippen LogP contribution in [0.1, 0.15) is 10.4 Å². The summed E-state index contributed by atoms with van der Waals surface area (Å²) in [6.07, 6.45) is 0. The number of aromatic nitrogens is 1. The summed E-state index contributed by atoms with van der Waals surface area (Å²) in [5.41, 5.74) is 8.22. The summed E-state index contributed by atoms with van der Waals surface area (Å²) >= 11 is 1.54. The molecule has 0 spiro atoms. The maximum absolute atomic E-state index is 10.9. The quantitative estimate of drug-likeness (QED) is 0.701. The lowest BCUT2D eigenvalue weighted by atomic mass is 10.1. The van der Waals surface area contributed by atoms with Gasteiger partial charge in [-0.25, -0.2) is 9.78 Å². The number of hydrogen-bond acceptors (Lipinski definition) is 4. The van der Waals surface area contributed by atoms with E-state index in [1.165, 1.54) is 6.07 Å². The molecular formula is C14H10N2O2S. The minimum atomic E-state index is -0.984. The number of carbonyl (C=O) groups is 1. The van der Waals surface area contributed by atoms with E-state index in [4.69, 9.17) is 10.8 Å². The second-order valence-corrected chi connectivity index (χ2v) is 5.12. The van der Waals surface area contributed by atoms with E-state index in [-0.39, 0.29) is 5.56 Å². The molecule has 3 N–H and O–H groups in total. The molecule has 0 aliphatic carbocycles. The van der Waals surface area contributed by atoms with Crippen LogP contribution in [0, 0.1) is 0 Å². The number of benzene rings is 2. The summed E-state index contributed by atoms with van der Waals surface area (Å²) < 4.78 is 1.08. The Labute approximate surface area is 113 Å². The Morgan fingerprint density at radius 3 is 2.68 bits per heavy atom. The molecular weight excluding hydrogens is 260 g/mol. The van der Waals surface area contributed by atoms with Gasteiger partial charge in [-0.15, -0.1) is 11.3 Å². The van der Waals surface area contributed by atoms with Crippen LogP contribution in [0.15, 0.2) is 42.5 Å². The molecule has 0 radical (unpaired) electrons. The lowest BCUT2D eigenvalue weighted by Gasteiger charge is -2.03. The zero-order valence-electron chi connectivity index (χ0n) is 9.83. The van der Waals surface area contributed by atoms with Crippen molar-refractivity contribution < 1.29 is 9.90 Å². The molecule has 3 aromatic rings. The van der Waals surface area contributed by atoms with Gasteiger partial charge in [-0.05, 0) is 30.3 Å². The average Bonchev–Trinajstić information content (AvgIpc) is 2.81. The number of anilines is 1. The van der Waals surface area contributed by atoms with Crippen LogP contribution in [0.4, 0.5) is 5.69 Å². The molecule has 0 saturated carbocycles. The normalized spacial score (nSPS) is 10.7. The Balaban J connectivity index is 2.13. The molecule has 5 heteroatoms. The molecule has 0 fully saturated rings. The van der Waals surface area contributed by atoms with Crippen molar-refractivity contribution in [2.75, 3.05) is 5.73 Å². The van der Waals surface area contributed by atoms with Crippen molar-refractivity contribution in [2.24, 2.45) is 0 Å². The van der Waals surface area contributed by atoms with Gasteiger partial charge in [0.2, 0.25) is 0 Å². The number of rotatable bonds is 2. The molecule has 0 saturated heterocycles. The van der Waals surface area contributed by atoms with Crippen molar-refractivity contribution in [3.8, 4) is 10.6 Å². The summed E-state index contributed by atoms with van der Waals surface area (Å²) in [6.45, 7) is 0. The highest BCUT2D eigenvalue weighted by atomic mass is 32.1. The van der Waals surface area contributed by atoms with Crippen molar-refractivity contribution in [1.82, 2.24) is 4.98 Å². The predicted octanol–water partition coefficient (Wildman–Crippen LogP) is 3.24. The molecule has 0 aliphatic heterocycles. The fourth-order valence-corrected chi connectivity index (χ4v) is 2.89. The van der Waals surface area contributed by atoms with E-state index in [2.05, 4.69) is 4.98 Å². The zero-order valence-corrected chi connectivity index (χ0v) is 10.6. The van der Waals surface area contributed by atoms with Gasteiger partial charge >= 0.3 is 5.97 Å². The van der Waals surface area contributed by atoms with Crippen LogP contribution in [0.25, 0.3) is 20.8 Å². The maximum Gasteiger partial charge on any atom is 0.335 e. The summed E-state index contributed by atoms with van der Waals surface area (Å²) in [6, 6.07) is 12.5. The van der Waals surface area contributed by atoms with Crippen LogP contribution in [0.3, 0.4) is 0 Å². The highest BCUT2D eigenvalue weighted by Crippen LogP contribution is 2.33. The van der Waals surface area contributed by atoms with Gasteiger partial charge in [0.05, 0.1) is 15.8 Å². The molecule has 0 atom stereocenters. The van der Waals surface area contributed by atoms with E-state index >= 15 is 0 Å². The average molecular weight is 270 g/mol. The van der Waals surface area contributed by atoms with E-state index in [1.807, 2.05) is 24.3 Å². The van der Waals surface area contributed by atoms with Crippen molar-refractivity contribution >= 4 is 33.2 Å². The second-order valence-electron chi connectivity index (χ2n) is 4.09. The molecule has 2 aromatic carbocycles. The van der Waals surface area contributed by atoms with Crippen LogP contribution >= 0.6 is 11.3 Å². The highest BCUT2D eigenvalue weighted by Gasteiger charge is 2.11. The number of carboxylic acid groups (broad SMARTS) is 1. The highest BCUT2D eigenvalue weighted by molar-refractivity contribution is 7.21. The minimum absolute atomic E-state index is 0.183. The second kappa shape index (κ2) is 4.37. The topological polar surface area (TPSA) is 76.2 Å². The number of carboxylic acids is 1. The largest absolute Gasteiger partial charge is 0.478 e. The Bertz CT molecular complexity index is 747. The Morgan fingerprint density at radius 2 is 2.00 bits per heavy atom. The first-order chi connectivity index (χ1) is 9.15. The summed E-state index contributed by atoms with van der Waals surface area (Å²) in [5.74, 6) is -0.984. The van der Waals surface area contributed by atoms with Crippen LogP contribution in [0.5, 0.6) is 0 Å². The number of aromatic carboxylic acids is 1. The fourth-order valence-electron chi connectivity index (χ4n) is 1.88. The summed E-state index contributed by atoms with van der Waals surface area (Å²) in [7, 11) is 0. The molecule has 1 heterocycles. The molecule has 0 aliphatic rings. The van der Waals surface area contributed by atoms with Crippen molar-refractivity contribution in [1.29, 1.82) is 0 Å². The van der Waals surface area contributed by atoms with E-state index in [0.29, 0.717) is 5.69 Å². The number of hydrogen-bond donors (Lipinski definition) is 2. The molecule has 94 valence electrons. The first-order valence-corrected chi connectivity index (χ1v) is 6.45. The van der Waals surface area contributed by atoms with E-state index < -0.39 is 5.97 Å². The number of thiazole rings is 1. The van der Waals surface area contributed by atoms with E-state index in [1.54, 1.807) is 23.5 Å². The molecule has 19 heavy (non-hydrogen) atoms. The molecule has 1 aromatic heterocycles. The lowest BCUT2D eigenvalue weighted by Crippen LogP contribution is -1.98. The fraction of sp³-hybridized carbons (Fsp3) is 0. The predicted molar refractivity (Wildman–Crippen MR) is 76.4 cm³/mol. The first kappa shape index (κ1) is 11.7. The Kier molecular flexibility index (Phi) is 2.68. The van der Waals surface area contributed by atoms with Crippen LogP contribution in [0.2, 0.25) is 0 Å². The Morgan fingerprint density at radius 1 is 1.21 bits per heavy atom. The third-order valence-electron chi connectivity index (χ3n) is 2.82. The van der Waals surface area contributed by atoms with Gasteiger partial charge in [0, 0.05) is 11.3 Å². The van der Waals surface area contributed by atoms with Crippen LogP contribution < -0.4 is 5.73 Å². The van der Waals surface area contributed by atoms with Crippen molar-refractivity contribution in [3.63, 3.8) is 0 Å². The number of nitrogen functional groups attached to an aromatic ring is 1. The molecule has 0 unspecified atom stereocenters. The SMILES string of the molecule is Nc1cc(C(=O)O)ccc1-c1nc2ccccc2s1. The third-order valence-corrected chi connectivity index (χ3v) is 3.89. The van der Waals surface area contributed by atoms with Crippen LogP contribution in [-0.4, -0.2) is 16.1 Å². The van der Waals surface area contributed by atoms with E-state index in [0.717, 1.165) is 20.8 Å². The van der Waals surface area contributed by atoms with Crippen LogP contribution in [-0.2, 0) is 0 Å². The van der Waals surface area contributed by atoms with Gasteiger partial charge < -0.3 is 10.8 Å². The van der Waals surface area contributed by atoms with Crippen molar-refractivity contribution in [3.05, 3.63) is 48.0 Å². The first-order valence-electron chi connectivity index (χ1n) is 5.64. The molecule has 0 amide bonds. The maximum atomic E-state index is 10.9. The van der Waals surface area contributed by atoms with Gasteiger partial charge in [0.1, 0.15) is 5.01 Å². The molecule has 0 bridgehead atoms. The smallest absolute Gasteiger partial charge is 0.335 e. The van der Waals surface area contributed by atoms with Crippen molar-refractivity contribution in [2.45, 2.75) is 0 Å². The molecule has 3 rings (SSSR count). The van der Waals surface area contributed by atoms with Gasteiger partial charge in [0.25, 0.3) is 0 Å². The number of fused-ring (bicyclic) bond motifs is 1. The summed E-state index contributed by atoms with van der Waals surface area (Å²) in [4.78, 5) is 15.4. The Hall–Kier alpha value is -2.40. The van der Waals surface area contributed by atoms with Gasteiger partial charge in [-0.3, -0.25) is 0 Å².